The Labute approximate surface area is 89.7 Å². The van der Waals surface area contributed by atoms with E-state index >= 15 is 0 Å². The molecule has 0 aliphatic heterocycles. The molecule has 2 rings (SSSR count). The molecule has 0 bridgehead atoms. The molecular weight excluding hydrogens is 247 g/mol. The van der Waals surface area contributed by atoms with Crippen LogP contribution in [-0.2, 0) is 0 Å². The quantitative estimate of drug-likeness (QED) is 0.745. The van der Waals surface area contributed by atoms with Gasteiger partial charge in [-0.1, -0.05) is 0 Å². The first-order chi connectivity index (χ1) is 6.68. The maximum atomic E-state index is 13.1. The molecule has 0 saturated heterocycles. The van der Waals surface area contributed by atoms with Crippen LogP contribution in [0.4, 0.5) is 4.39 Å². The number of hydrogen-bond donors (Lipinski definition) is 0. The third-order valence-corrected chi connectivity index (χ3v) is 2.69. The lowest BCUT2D eigenvalue weighted by atomic mass is 10.1. The monoisotopic (exact) mass is 254 g/mol. The van der Waals surface area contributed by atoms with E-state index in [1.807, 2.05) is 6.07 Å². The van der Waals surface area contributed by atoms with Gasteiger partial charge in [-0.15, -0.1) is 0 Å². The summed E-state index contributed by atoms with van der Waals surface area (Å²) < 4.78 is 19.1. The van der Waals surface area contributed by atoms with E-state index in [2.05, 4.69) is 15.9 Å². The maximum Gasteiger partial charge on any atom is 0.134 e. The first kappa shape index (κ1) is 9.46. The van der Waals surface area contributed by atoms with E-state index in [1.54, 1.807) is 25.3 Å². The summed E-state index contributed by atoms with van der Waals surface area (Å²) in [6.45, 7) is 1.73. The molecule has 14 heavy (non-hydrogen) atoms. The standard InChI is InChI=1S/C11H8BrFO/c1-7-5-8(9(12)6-10(7)13)11-3-2-4-14-11/h2-6H,1H3. The minimum absolute atomic E-state index is 0.216. The lowest BCUT2D eigenvalue weighted by molar-refractivity contribution is 0.580. The number of halogens is 2. The highest BCUT2D eigenvalue weighted by atomic mass is 79.9. The minimum atomic E-state index is -0.216. The summed E-state index contributed by atoms with van der Waals surface area (Å²) in [6, 6.07) is 6.86. The van der Waals surface area contributed by atoms with Gasteiger partial charge in [0.15, 0.2) is 0 Å². The van der Waals surface area contributed by atoms with Crippen molar-refractivity contribution in [1.29, 1.82) is 0 Å². The Morgan fingerprint density at radius 3 is 2.79 bits per heavy atom. The van der Waals surface area contributed by atoms with Crippen molar-refractivity contribution in [2.75, 3.05) is 0 Å². The summed E-state index contributed by atoms with van der Waals surface area (Å²) in [7, 11) is 0. The van der Waals surface area contributed by atoms with E-state index in [-0.39, 0.29) is 5.82 Å². The summed E-state index contributed by atoms with van der Waals surface area (Å²) in [4.78, 5) is 0. The Bertz CT molecular complexity index is 449. The number of aryl methyl sites for hydroxylation is 1. The van der Waals surface area contributed by atoms with Crippen molar-refractivity contribution >= 4 is 15.9 Å². The van der Waals surface area contributed by atoms with Crippen molar-refractivity contribution in [2.24, 2.45) is 0 Å². The molecule has 0 unspecified atom stereocenters. The molecule has 1 aromatic heterocycles. The lowest BCUT2D eigenvalue weighted by Crippen LogP contribution is -1.85. The van der Waals surface area contributed by atoms with E-state index < -0.39 is 0 Å². The van der Waals surface area contributed by atoms with Crippen molar-refractivity contribution in [2.45, 2.75) is 6.92 Å². The van der Waals surface area contributed by atoms with Crippen LogP contribution in [0, 0.1) is 12.7 Å². The molecule has 1 heterocycles. The SMILES string of the molecule is Cc1cc(-c2ccco2)c(Br)cc1F. The number of hydrogen-bond acceptors (Lipinski definition) is 1. The van der Waals surface area contributed by atoms with Gasteiger partial charge >= 0.3 is 0 Å². The van der Waals surface area contributed by atoms with Gasteiger partial charge in [0.05, 0.1) is 6.26 Å². The Morgan fingerprint density at radius 2 is 2.14 bits per heavy atom. The summed E-state index contributed by atoms with van der Waals surface area (Å²) in [5.41, 5.74) is 1.48. The second kappa shape index (κ2) is 3.58. The van der Waals surface area contributed by atoms with Crippen molar-refractivity contribution in [3.8, 4) is 11.3 Å². The first-order valence-electron chi connectivity index (χ1n) is 4.18. The molecule has 0 N–H and O–H groups in total. The van der Waals surface area contributed by atoms with Gasteiger partial charge in [-0.3, -0.25) is 0 Å². The van der Waals surface area contributed by atoms with Crippen molar-refractivity contribution in [3.63, 3.8) is 0 Å². The second-order valence-corrected chi connectivity index (χ2v) is 3.91. The Morgan fingerprint density at radius 1 is 1.36 bits per heavy atom. The third-order valence-electron chi connectivity index (χ3n) is 2.03. The fourth-order valence-electron chi connectivity index (χ4n) is 1.28. The Hall–Kier alpha value is -1.09. The Kier molecular flexibility index (Phi) is 2.42. The van der Waals surface area contributed by atoms with Crippen LogP contribution in [-0.4, -0.2) is 0 Å². The molecule has 1 aromatic carbocycles. The van der Waals surface area contributed by atoms with Gasteiger partial charge in [0.25, 0.3) is 0 Å². The smallest absolute Gasteiger partial charge is 0.134 e. The van der Waals surface area contributed by atoms with Crippen LogP contribution in [0.2, 0.25) is 0 Å². The molecular formula is C11H8BrFO. The van der Waals surface area contributed by atoms with E-state index in [1.165, 1.54) is 6.07 Å². The van der Waals surface area contributed by atoms with Gasteiger partial charge in [0, 0.05) is 10.0 Å². The molecule has 72 valence electrons. The minimum Gasteiger partial charge on any atom is -0.464 e. The highest BCUT2D eigenvalue weighted by Gasteiger charge is 2.08. The normalized spacial score (nSPS) is 10.5. The van der Waals surface area contributed by atoms with Crippen LogP contribution in [0.1, 0.15) is 5.56 Å². The van der Waals surface area contributed by atoms with Crippen LogP contribution in [0.15, 0.2) is 39.4 Å². The fourth-order valence-corrected chi connectivity index (χ4v) is 1.79. The number of benzene rings is 1. The maximum absolute atomic E-state index is 13.1. The zero-order chi connectivity index (χ0) is 10.1. The van der Waals surface area contributed by atoms with Crippen LogP contribution >= 0.6 is 15.9 Å². The van der Waals surface area contributed by atoms with Crippen LogP contribution < -0.4 is 0 Å². The molecule has 0 spiro atoms. The molecule has 0 aliphatic carbocycles. The zero-order valence-electron chi connectivity index (χ0n) is 7.55. The summed E-state index contributed by atoms with van der Waals surface area (Å²) in [5, 5.41) is 0. The summed E-state index contributed by atoms with van der Waals surface area (Å²) in [5.74, 6) is 0.521. The Balaban J connectivity index is 2.60. The summed E-state index contributed by atoms with van der Waals surface area (Å²) >= 11 is 3.30. The van der Waals surface area contributed by atoms with Gasteiger partial charge in [-0.05, 0) is 52.7 Å². The van der Waals surface area contributed by atoms with Gasteiger partial charge in [-0.2, -0.15) is 0 Å². The molecule has 0 amide bonds. The molecule has 1 nitrogen and oxygen atoms in total. The van der Waals surface area contributed by atoms with Gasteiger partial charge in [-0.25, -0.2) is 4.39 Å². The number of rotatable bonds is 1. The molecule has 2 aromatic rings. The molecule has 0 atom stereocenters. The van der Waals surface area contributed by atoms with E-state index in [4.69, 9.17) is 4.42 Å². The highest BCUT2D eigenvalue weighted by molar-refractivity contribution is 9.10. The average molecular weight is 255 g/mol. The molecule has 0 radical (unpaired) electrons. The lowest BCUT2D eigenvalue weighted by Gasteiger charge is -2.03. The molecule has 0 aliphatic rings. The van der Waals surface area contributed by atoms with Gasteiger partial charge in [0.1, 0.15) is 11.6 Å². The summed E-state index contributed by atoms with van der Waals surface area (Å²) in [6.07, 6.45) is 1.60. The van der Waals surface area contributed by atoms with E-state index in [0.29, 0.717) is 10.0 Å². The average Bonchev–Trinajstić information content (AvgIpc) is 2.64. The van der Waals surface area contributed by atoms with Crippen LogP contribution in [0.3, 0.4) is 0 Å². The first-order valence-corrected chi connectivity index (χ1v) is 4.97. The van der Waals surface area contributed by atoms with Crippen LogP contribution in [0.5, 0.6) is 0 Å². The topological polar surface area (TPSA) is 13.1 Å². The molecule has 3 heteroatoms. The van der Waals surface area contributed by atoms with Crippen molar-refractivity contribution in [1.82, 2.24) is 0 Å². The fraction of sp³-hybridized carbons (Fsp3) is 0.0909. The van der Waals surface area contributed by atoms with E-state index in [0.717, 1.165) is 11.3 Å². The molecule has 0 fully saturated rings. The van der Waals surface area contributed by atoms with Crippen molar-refractivity contribution < 1.29 is 8.81 Å². The highest BCUT2D eigenvalue weighted by Crippen LogP contribution is 2.30. The second-order valence-electron chi connectivity index (χ2n) is 3.06. The predicted octanol–water partition coefficient (Wildman–Crippen LogP) is 4.16. The third kappa shape index (κ3) is 1.60. The predicted molar refractivity (Wildman–Crippen MR) is 56.5 cm³/mol. The zero-order valence-corrected chi connectivity index (χ0v) is 9.14. The van der Waals surface area contributed by atoms with Gasteiger partial charge < -0.3 is 4.42 Å². The number of furan rings is 1. The van der Waals surface area contributed by atoms with E-state index in [9.17, 15) is 4.39 Å². The molecule has 0 saturated carbocycles. The van der Waals surface area contributed by atoms with Crippen LogP contribution in [0.25, 0.3) is 11.3 Å². The van der Waals surface area contributed by atoms with Gasteiger partial charge in [0.2, 0.25) is 0 Å². The largest absolute Gasteiger partial charge is 0.464 e. The van der Waals surface area contributed by atoms with Crippen molar-refractivity contribution in [3.05, 3.63) is 46.4 Å².